The van der Waals surface area contributed by atoms with Crippen LogP contribution in [0.15, 0.2) is 69.5 Å². The monoisotopic (exact) mass is 386 g/mol. The number of carbonyl (C=O) groups is 1. The van der Waals surface area contributed by atoms with E-state index in [1.807, 2.05) is 48.8 Å². The molecule has 0 amide bonds. The van der Waals surface area contributed by atoms with Crippen molar-refractivity contribution in [2.45, 2.75) is 26.8 Å². The van der Waals surface area contributed by atoms with Crippen LogP contribution in [-0.2, 0) is 13.0 Å². The number of nitrogens with zero attached hydrogens (tertiary/aromatic N) is 2. The molecule has 0 saturated heterocycles. The fourth-order valence-corrected chi connectivity index (χ4v) is 3.87. The summed E-state index contributed by atoms with van der Waals surface area (Å²) in [5, 5.41) is 1.04. The standard InChI is InChI=1S/C24H22N2O3/c1-4-8-19(25-6-3)17-10-7-9-15-16-11-12-26-14-18(21(27)5-2)22(28)13-20(26)24(16)29-23(15)17/h4-5,7-10,13-14H,2,6,11-12H2,1,3H3/b8-4-,25-19?. The number of hydrogen-bond acceptors (Lipinski definition) is 4. The van der Waals surface area contributed by atoms with Gasteiger partial charge in [-0.25, -0.2) is 0 Å². The van der Waals surface area contributed by atoms with Crippen LogP contribution in [0, 0.1) is 0 Å². The zero-order valence-electron chi connectivity index (χ0n) is 16.6. The maximum atomic E-state index is 12.5. The SMILES string of the molecule is C=CC(=O)c1cn2c(cc1=O)-c1oc3c(C(/C=C\C)=NCC)cccc3c1CC2. The highest BCUT2D eigenvalue weighted by atomic mass is 16.3. The number of pyridine rings is 1. The maximum Gasteiger partial charge on any atom is 0.193 e. The van der Waals surface area contributed by atoms with Crippen LogP contribution in [0.2, 0.25) is 0 Å². The van der Waals surface area contributed by atoms with Crippen LogP contribution in [-0.4, -0.2) is 22.6 Å². The molecule has 0 spiro atoms. The number of allylic oxidation sites excluding steroid dienone is 3. The Morgan fingerprint density at radius 1 is 1.34 bits per heavy atom. The van der Waals surface area contributed by atoms with Crippen molar-refractivity contribution in [1.82, 2.24) is 4.57 Å². The predicted octanol–water partition coefficient (Wildman–Crippen LogP) is 4.57. The lowest BCUT2D eigenvalue weighted by atomic mass is 9.98. The number of fused-ring (bicyclic) bond motifs is 5. The van der Waals surface area contributed by atoms with Crippen LogP contribution in [0.25, 0.3) is 22.4 Å². The van der Waals surface area contributed by atoms with Crippen molar-refractivity contribution in [3.05, 3.63) is 82.2 Å². The average Bonchev–Trinajstić information content (AvgIpc) is 3.12. The van der Waals surface area contributed by atoms with E-state index in [0.29, 0.717) is 24.5 Å². The topological polar surface area (TPSA) is 64.6 Å². The van der Waals surface area contributed by atoms with E-state index in [9.17, 15) is 9.59 Å². The minimum Gasteiger partial charge on any atom is -0.453 e. The number of rotatable bonds is 5. The number of hydrogen-bond donors (Lipinski definition) is 0. The number of para-hydroxylation sites is 1. The Morgan fingerprint density at radius 3 is 2.90 bits per heavy atom. The molecular formula is C24H22N2O3. The molecule has 0 radical (unpaired) electrons. The molecule has 0 fully saturated rings. The van der Waals surface area contributed by atoms with Crippen molar-refractivity contribution in [2.75, 3.05) is 6.54 Å². The summed E-state index contributed by atoms with van der Waals surface area (Å²) >= 11 is 0. The van der Waals surface area contributed by atoms with Gasteiger partial charge < -0.3 is 8.98 Å². The van der Waals surface area contributed by atoms with E-state index in [2.05, 4.69) is 11.6 Å². The van der Waals surface area contributed by atoms with E-state index in [1.165, 1.54) is 12.1 Å². The molecule has 0 saturated carbocycles. The van der Waals surface area contributed by atoms with E-state index < -0.39 is 0 Å². The average molecular weight is 386 g/mol. The summed E-state index contributed by atoms with van der Waals surface area (Å²) in [4.78, 5) is 29.1. The molecule has 0 aliphatic carbocycles. The normalized spacial score (nSPS) is 13.5. The molecule has 1 aromatic carbocycles. The van der Waals surface area contributed by atoms with Gasteiger partial charge in [0.25, 0.3) is 0 Å². The lowest BCUT2D eigenvalue weighted by molar-refractivity contribution is 0.104. The van der Waals surface area contributed by atoms with Crippen LogP contribution in [0.3, 0.4) is 0 Å². The Kier molecular flexibility index (Phi) is 4.89. The van der Waals surface area contributed by atoms with Crippen molar-refractivity contribution in [3.63, 3.8) is 0 Å². The van der Waals surface area contributed by atoms with Crippen LogP contribution in [0.4, 0.5) is 0 Å². The van der Waals surface area contributed by atoms with Crippen LogP contribution >= 0.6 is 0 Å². The van der Waals surface area contributed by atoms with Crippen molar-refractivity contribution in [3.8, 4) is 11.5 Å². The minimum absolute atomic E-state index is 0.134. The lowest BCUT2D eigenvalue weighted by Crippen LogP contribution is -2.20. The van der Waals surface area contributed by atoms with E-state index in [4.69, 9.17) is 4.42 Å². The Morgan fingerprint density at radius 2 is 2.17 bits per heavy atom. The fourth-order valence-electron chi connectivity index (χ4n) is 3.87. The van der Waals surface area contributed by atoms with Crippen molar-refractivity contribution < 1.29 is 9.21 Å². The van der Waals surface area contributed by atoms with Gasteiger partial charge in [-0.1, -0.05) is 24.8 Å². The Labute approximate surface area is 168 Å². The first-order valence-electron chi connectivity index (χ1n) is 9.72. The predicted molar refractivity (Wildman–Crippen MR) is 116 cm³/mol. The largest absolute Gasteiger partial charge is 0.453 e. The molecule has 0 unspecified atom stereocenters. The highest BCUT2D eigenvalue weighted by Crippen LogP contribution is 2.38. The zero-order valence-corrected chi connectivity index (χ0v) is 16.6. The number of ketones is 1. The molecule has 0 atom stereocenters. The van der Waals surface area contributed by atoms with Crippen molar-refractivity contribution >= 4 is 22.5 Å². The summed E-state index contributed by atoms with van der Waals surface area (Å²) in [7, 11) is 0. The molecule has 5 nitrogen and oxygen atoms in total. The third kappa shape index (κ3) is 3.09. The van der Waals surface area contributed by atoms with Gasteiger partial charge in [-0.05, 0) is 38.5 Å². The second-order valence-corrected chi connectivity index (χ2v) is 6.90. The van der Waals surface area contributed by atoms with Crippen molar-refractivity contribution in [1.29, 1.82) is 0 Å². The van der Waals surface area contributed by atoms with Gasteiger partial charge in [0, 0.05) is 41.9 Å². The second-order valence-electron chi connectivity index (χ2n) is 6.90. The van der Waals surface area contributed by atoms with Crippen LogP contribution in [0.1, 0.15) is 35.3 Å². The molecular weight excluding hydrogens is 364 g/mol. The highest BCUT2D eigenvalue weighted by molar-refractivity contribution is 6.16. The van der Waals surface area contributed by atoms with E-state index in [0.717, 1.165) is 34.2 Å². The number of carbonyl (C=O) groups excluding carboxylic acids is 1. The summed E-state index contributed by atoms with van der Waals surface area (Å²) in [6.07, 6.45) is 7.48. The van der Waals surface area contributed by atoms with Crippen LogP contribution < -0.4 is 5.43 Å². The van der Waals surface area contributed by atoms with Gasteiger partial charge in [-0.2, -0.15) is 0 Å². The molecule has 0 N–H and O–H groups in total. The number of aliphatic imine (C=N–C) groups is 1. The van der Waals surface area contributed by atoms with Gasteiger partial charge in [0.1, 0.15) is 5.58 Å². The molecule has 0 bridgehead atoms. The summed E-state index contributed by atoms with van der Waals surface area (Å²) < 4.78 is 8.24. The first-order valence-corrected chi connectivity index (χ1v) is 9.72. The van der Waals surface area contributed by atoms with E-state index >= 15 is 0 Å². The molecule has 146 valence electrons. The van der Waals surface area contributed by atoms with Gasteiger partial charge in [0.15, 0.2) is 17.0 Å². The fraction of sp³-hybridized carbons (Fsp3) is 0.208. The van der Waals surface area contributed by atoms with Gasteiger partial charge in [0.2, 0.25) is 0 Å². The summed E-state index contributed by atoms with van der Waals surface area (Å²) in [5.74, 6) is 0.319. The molecule has 4 rings (SSSR count). The van der Waals surface area contributed by atoms with Gasteiger partial charge in [-0.15, -0.1) is 0 Å². The summed E-state index contributed by atoms with van der Waals surface area (Å²) in [5.41, 5.74) is 4.17. The summed E-state index contributed by atoms with van der Waals surface area (Å²) in [6, 6.07) is 7.55. The third-order valence-electron chi connectivity index (χ3n) is 5.16. The van der Waals surface area contributed by atoms with Gasteiger partial charge in [0.05, 0.1) is 17.0 Å². The number of aromatic nitrogens is 1. The van der Waals surface area contributed by atoms with E-state index in [-0.39, 0.29) is 16.8 Å². The minimum atomic E-state index is -0.366. The molecule has 3 aromatic rings. The molecule has 29 heavy (non-hydrogen) atoms. The molecule has 2 aromatic heterocycles. The first-order chi connectivity index (χ1) is 14.1. The Bertz CT molecular complexity index is 1260. The quantitative estimate of drug-likeness (QED) is 0.366. The maximum absolute atomic E-state index is 12.5. The number of benzene rings is 1. The smallest absolute Gasteiger partial charge is 0.193 e. The Hall–Kier alpha value is -3.47. The van der Waals surface area contributed by atoms with Crippen molar-refractivity contribution in [2.24, 2.45) is 4.99 Å². The first kappa shape index (κ1) is 18.9. The lowest BCUT2D eigenvalue weighted by Gasteiger charge is -2.18. The van der Waals surface area contributed by atoms with Gasteiger partial charge in [-0.3, -0.25) is 14.6 Å². The second kappa shape index (κ2) is 7.51. The van der Waals surface area contributed by atoms with Crippen LogP contribution in [0.5, 0.6) is 0 Å². The number of furan rings is 1. The van der Waals surface area contributed by atoms with E-state index in [1.54, 1.807) is 6.20 Å². The molecule has 5 heteroatoms. The zero-order chi connectivity index (χ0) is 20.5. The molecule has 1 aliphatic rings. The third-order valence-corrected chi connectivity index (χ3v) is 5.16. The highest BCUT2D eigenvalue weighted by Gasteiger charge is 2.25. The molecule has 1 aliphatic heterocycles. The summed E-state index contributed by atoms with van der Waals surface area (Å²) in [6.45, 7) is 8.79. The Balaban J connectivity index is 1.96. The van der Waals surface area contributed by atoms with Gasteiger partial charge >= 0.3 is 0 Å². The molecule has 3 heterocycles. The number of aryl methyl sites for hydroxylation is 2.